The molecule has 1 saturated heterocycles. The predicted octanol–water partition coefficient (Wildman–Crippen LogP) is 1.57. The molecule has 0 bridgehead atoms. The molecule has 0 atom stereocenters. The molecular weight excluding hydrogens is 278 g/mol. The maximum Gasteiger partial charge on any atom is 0.137 e. The molecule has 22 heavy (non-hydrogen) atoms. The maximum atomic E-state index is 9.63. The first-order valence-electron chi connectivity index (χ1n) is 7.53. The molecule has 0 radical (unpaired) electrons. The average Bonchev–Trinajstić information content (AvgIpc) is 2.55. The number of piperidine rings is 1. The van der Waals surface area contributed by atoms with Crippen LogP contribution in [0.5, 0.6) is 0 Å². The summed E-state index contributed by atoms with van der Waals surface area (Å²) in [4.78, 5) is 17.4. The van der Waals surface area contributed by atoms with Crippen LogP contribution in [0.2, 0.25) is 0 Å². The first kappa shape index (κ1) is 14.7. The van der Waals surface area contributed by atoms with E-state index in [2.05, 4.69) is 19.9 Å². The van der Waals surface area contributed by atoms with Crippen molar-refractivity contribution in [2.75, 3.05) is 37.0 Å². The monoisotopic (exact) mass is 299 g/mol. The molecule has 0 aromatic carbocycles. The number of hydrogen-bond acceptors (Lipinski definition) is 6. The molecule has 116 valence electrons. The molecule has 0 saturated carbocycles. The predicted molar refractivity (Wildman–Crippen MR) is 87.0 cm³/mol. The Bertz CT molecular complexity index is 638. The fraction of sp³-hybridized carbons (Fsp3) is 0.438. The van der Waals surface area contributed by atoms with Gasteiger partial charge < -0.3 is 14.9 Å². The number of anilines is 2. The van der Waals surface area contributed by atoms with E-state index in [1.165, 1.54) is 0 Å². The summed E-state index contributed by atoms with van der Waals surface area (Å²) in [5.41, 5.74) is 1.86. The summed E-state index contributed by atoms with van der Waals surface area (Å²) in [6.45, 7) is 1.65. The quantitative estimate of drug-likeness (QED) is 0.928. The van der Waals surface area contributed by atoms with Gasteiger partial charge in [-0.15, -0.1) is 0 Å². The summed E-state index contributed by atoms with van der Waals surface area (Å²) in [7, 11) is 3.94. The SMILES string of the molecule is CN(C)c1ncccc1-c1cc(N2CCC(O)CC2)ncn1. The van der Waals surface area contributed by atoms with Crippen LogP contribution in [0.15, 0.2) is 30.7 Å². The molecule has 0 aliphatic carbocycles. The Balaban J connectivity index is 1.92. The van der Waals surface area contributed by atoms with E-state index in [0.29, 0.717) is 0 Å². The lowest BCUT2D eigenvalue weighted by Gasteiger charge is -2.30. The first-order chi connectivity index (χ1) is 10.6. The first-order valence-corrected chi connectivity index (χ1v) is 7.53. The van der Waals surface area contributed by atoms with Gasteiger partial charge in [-0.3, -0.25) is 0 Å². The molecule has 2 aromatic heterocycles. The van der Waals surface area contributed by atoms with E-state index < -0.39 is 0 Å². The molecule has 1 N–H and O–H groups in total. The van der Waals surface area contributed by atoms with Gasteiger partial charge in [-0.05, 0) is 25.0 Å². The smallest absolute Gasteiger partial charge is 0.137 e. The second-order valence-corrected chi connectivity index (χ2v) is 5.75. The minimum atomic E-state index is -0.184. The van der Waals surface area contributed by atoms with Gasteiger partial charge in [-0.1, -0.05) is 0 Å². The Morgan fingerprint density at radius 1 is 1.18 bits per heavy atom. The summed E-state index contributed by atoms with van der Waals surface area (Å²) in [6.07, 6.45) is 4.77. The topological polar surface area (TPSA) is 65.4 Å². The number of aliphatic hydroxyl groups excluding tert-OH is 1. The summed E-state index contributed by atoms with van der Waals surface area (Å²) in [5.74, 6) is 1.80. The van der Waals surface area contributed by atoms with E-state index in [-0.39, 0.29) is 6.10 Å². The van der Waals surface area contributed by atoms with Crippen LogP contribution >= 0.6 is 0 Å². The number of pyridine rings is 1. The number of nitrogens with zero attached hydrogens (tertiary/aromatic N) is 5. The number of aromatic nitrogens is 3. The van der Waals surface area contributed by atoms with E-state index in [1.54, 1.807) is 12.5 Å². The minimum Gasteiger partial charge on any atom is -0.393 e. The highest BCUT2D eigenvalue weighted by Gasteiger charge is 2.19. The summed E-state index contributed by atoms with van der Waals surface area (Å²) in [6, 6.07) is 5.94. The Morgan fingerprint density at radius 2 is 1.95 bits per heavy atom. The van der Waals surface area contributed by atoms with Gasteiger partial charge in [0.25, 0.3) is 0 Å². The molecule has 3 heterocycles. The van der Waals surface area contributed by atoms with Gasteiger partial charge in [-0.2, -0.15) is 0 Å². The largest absolute Gasteiger partial charge is 0.393 e. The van der Waals surface area contributed by atoms with Gasteiger partial charge in [0.2, 0.25) is 0 Å². The van der Waals surface area contributed by atoms with Crippen LogP contribution in [-0.4, -0.2) is 53.3 Å². The van der Waals surface area contributed by atoms with Crippen molar-refractivity contribution in [2.45, 2.75) is 18.9 Å². The zero-order valence-electron chi connectivity index (χ0n) is 13.0. The van der Waals surface area contributed by atoms with Gasteiger partial charge >= 0.3 is 0 Å². The minimum absolute atomic E-state index is 0.184. The van der Waals surface area contributed by atoms with Crippen LogP contribution in [-0.2, 0) is 0 Å². The Morgan fingerprint density at radius 3 is 2.68 bits per heavy atom. The lowest BCUT2D eigenvalue weighted by Crippen LogP contribution is -2.36. The fourth-order valence-corrected chi connectivity index (χ4v) is 2.72. The van der Waals surface area contributed by atoms with Crippen molar-refractivity contribution in [1.29, 1.82) is 0 Å². The molecule has 1 fully saturated rings. The lowest BCUT2D eigenvalue weighted by atomic mass is 10.1. The van der Waals surface area contributed by atoms with Gasteiger partial charge in [0.15, 0.2) is 0 Å². The fourth-order valence-electron chi connectivity index (χ4n) is 2.72. The van der Waals surface area contributed by atoms with Crippen molar-refractivity contribution in [3.8, 4) is 11.3 Å². The molecule has 0 amide bonds. The normalized spacial score (nSPS) is 15.9. The zero-order chi connectivity index (χ0) is 15.5. The van der Waals surface area contributed by atoms with Crippen molar-refractivity contribution in [2.24, 2.45) is 0 Å². The second-order valence-electron chi connectivity index (χ2n) is 5.75. The van der Waals surface area contributed by atoms with Crippen molar-refractivity contribution in [3.63, 3.8) is 0 Å². The summed E-state index contributed by atoms with van der Waals surface area (Å²) >= 11 is 0. The van der Waals surface area contributed by atoms with Crippen LogP contribution in [0.25, 0.3) is 11.3 Å². The number of aliphatic hydroxyl groups is 1. The third-order valence-electron chi connectivity index (χ3n) is 3.93. The van der Waals surface area contributed by atoms with E-state index in [0.717, 1.165) is 48.8 Å². The molecule has 6 heteroatoms. The van der Waals surface area contributed by atoms with Crippen molar-refractivity contribution in [3.05, 3.63) is 30.7 Å². The molecule has 0 spiro atoms. The van der Waals surface area contributed by atoms with Crippen LogP contribution in [0.1, 0.15) is 12.8 Å². The van der Waals surface area contributed by atoms with E-state index in [4.69, 9.17) is 0 Å². The van der Waals surface area contributed by atoms with Crippen LogP contribution in [0, 0.1) is 0 Å². The van der Waals surface area contributed by atoms with Crippen molar-refractivity contribution >= 4 is 11.6 Å². The van der Waals surface area contributed by atoms with Crippen molar-refractivity contribution < 1.29 is 5.11 Å². The number of hydrogen-bond donors (Lipinski definition) is 1. The third-order valence-corrected chi connectivity index (χ3v) is 3.93. The highest BCUT2D eigenvalue weighted by molar-refractivity contribution is 5.74. The second kappa shape index (κ2) is 6.27. The average molecular weight is 299 g/mol. The molecule has 6 nitrogen and oxygen atoms in total. The highest BCUT2D eigenvalue weighted by Crippen LogP contribution is 2.28. The maximum absolute atomic E-state index is 9.63. The van der Waals surface area contributed by atoms with Crippen molar-refractivity contribution in [1.82, 2.24) is 15.0 Å². The Labute approximate surface area is 130 Å². The van der Waals surface area contributed by atoms with E-state index in [1.807, 2.05) is 37.2 Å². The summed E-state index contributed by atoms with van der Waals surface area (Å²) < 4.78 is 0. The van der Waals surface area contributed by atoms with Gasteiger partial charge in [-0.25, -0.2) is 15.0 Å². The molecule has 1 aliphatic heterocycles. The van der Waals surface area contributed by atoms with Crippen LogP contribution < -0.4 is 9.80 Å². The molecule has 3 rings (SSSR count). The van der Waals surface area contributed by atoms with Crippen LogP contribution in [0.3, 0.4) is 0 Å². The van der Waals surface area contributed by atoms with Gasteiger partial charge in [0, 0.05) is 45.0 Å². The van der Waals surface area contributed by atoms with E-state index >= 15 is 0 Å². The summed E-state index contributed by atoms with van der Waals surface area (Å²) in [5, 5.41) is 9.63. The van der Waals surface area contributed by atoms with Gasteiger partial charge in [0.05, 0.1) is 11.8 Å². The number of rotatable bonds is 3. The molecule has 2 aromatic rings. The Hall–Kier alpha value is -2.21. The molecule has 1 aliphatic rings. The van der Waals surface area contributed by atoms with Gasteiger partial charge in [0.1, 0.15) is 18.0 Å². The molecule has 0 unspecified atom stereocenters. The Kier molecular flexibility index (Phi) is 4.20. The molecular formula is C16H21N5O. The zero-order valence-corrected chi connectivity index (χ0v) is 13.0. The lowest BCUT2D eigenvalue weighted by molar-refractivity contribution is 0.145. The van der Waals surface area contributed by atoms with E-state index in [9.17, 15) is 5.11 Å². The standard InChI is InChI=1S/C16H21N5O/c1-20(2)16-13(4-3-7-17-16)14-10-15(19-11-18-14)21-8-5-12(22)6-9-21/h3-4,7,10-12,22H,5-6,8-9H2,1-2H3. The van der Waals surface area contributed by atoms with Crippen LogP contribution in [0.4, 0.5) is 11.6 Å². The third kappa shape index (κ3) is 3.01. The highest BCUT2D eigenvalue weighted by atomic mass is 16.3.